The molecule has 4 heteroatoms. The van der Waals surface area contributed by atoms with Gasteiger partial charge in [0, 0.05) is 0 Å². The Labute approximate surface area is 197 Å². The molecule has 0 aliphatic heterocycles. The average Bonchev–Trinajstić information content (AvgIpc) is 2.79. The number of hydrogen-bond donors (Lipinski definition) is 1. The van der Waals surface area contributed by atoms with Gasteiger partial charge in [0.1, 0.15) is 0 Å². The van der Waals surface area contributed by atoms with E-state index in [0.717, 1.165) is 12.0 Å². The Morgan fingerprint density at radius 3 is 1.81 bits per heavy atom. The molecule has 0 aromatic heterocycles. The number of benzene rings is 1. The van der Waals surface area contributed by atoms with Crippen molar-refractivity contribution < 1.29 is 9.53 Å². The molecule has 1 unspecified atom stereocenters. The van der Waals surface area contributed by atoms with Crippen LogP contribution in [0.5, 0.6) is 0 Å². The molecule has 0 bridgehead atoms. The van der Waals surface area contributed by atoms with Gasteiger partial charge in [0.05, 0.1) is 0 Å². The number of methoxy groups -OCH3 is 1. The van der Waals surface area contributed by atoms with Crippen molar-refractivity contribution in [3.63, 3.8) is 0 Å². The van der Waals surface area contributed by atoms with Crippen LogP contribution in [0.25, 0.3) is 0 Å². The number of hydrogen-bond acceptors (Lipinski definition) is 2. The van der Waals surface area contributed by atoms with Crippen LogP contribution in [0.1, 0.15) is 104 Å². The quantitative estimate of drug-likeness (QED) is 0.153. The minimum absolute atomic E-state index is 0.0702. The van der Waals surface area contributed by atoms with Gasteiger partial charge in [-0.2, -0.15) is 0 Å². The number of carbonyl (C=O) groups excluding carboxylic acids is 1. The summed E-state index contributed by atoms with van der Waals surface area (Å²) >= 11 is -2.59. The summed E-state index contributed by atoms with van der Waals surface area (Å²) in [6, 6.07) is 9.97. The minimum atomic E-state index is -2.59. The SMILES string of the molecule is CCCCC[CH](NC(=O)[C@@H](OC)c1ccccc1)[Sn]([CH2]CCC)([CH2]CCC)[CH2]CCC. The van der Waals surface area contributed by atoms with Gasteiger partial charge in [-0.1, -0.05) is 0 Å². The van der Waals surface area contributed by atoms with E-state index in [9.17, 15) is 4.79 Å². The van der Waals surface area contributed by atoms with E-state index in [1.54, 1.807) is 7.11 Å². The Morgan fingerprint density at radius 1 is 0.839 bits per heavy atom. The first-order chi connectivity index (χ1) is 15.1. The third-order valence-corrected chi connectivity index (χ3v) is 23.8. The Morgan fingerprint density at radius 2 is 1.35 bits per heavy atom. The maximum atomic E-state index is 13.5. The summed E-state index contributed by atoms with van der Waals surface area (Å²) in [5, 5.41) is 3.62. The zero-order valence-corrected chi connectivity index (χ0v) is 23.9. The van der Waals surface area contributed by atoms with Gasteiger partial charge in [0.15, 0.2) is 0 Å². The Hall–Kier alpha value is -0.551. The number of rotatable bonds is 18. The first-order valence-electron chi connectivity index (χ1n) is 13.0. The van der Waals surface area contributed by atoms with Crippen molar-refractivity contribution in [2.45, 2.75) is 115 Å². The van der Waals surface area contributed by atoms with Crippen LogP contribution in [-0.2, 0) is 9.53 Å². The third-order valence-electron chi connectivity index (χ3n) is 6.81. The topological polar surface area (TPSA) is 38.3 Å². The van der Waals surface area contributed by atoms with Crippen LogP contribution in [0.3, 0.4) is 0 Å². The Bertz CT molecular complexity index is 556. The van der Waals surface area contributed by atoms with Crippen LogP contribution < -0.4 is 5.32 Å². The summed E-state index contributed by atoms with van der Waals surface area (Å²) in [5.41, 5.74) is 0.950. The molecule has 31 heavy (non-hydrogen) atoms. The predicted molar refractivity (Wildman–Crippen MR) is 137 cm³/mol. The van der Waals surface area contributed by atoms with E-state index in [1.807, 2.05) is 30.3 Å². The summed E-state index contributed by atoms with van der Waals surface area (Å²) < 4.78 is 10.4. The van der Waals surface area contributed by atoms with Crippen molar-refractivity contribution in [3.8, 4) is 0 Å². The summed E-state index contributed by atoms with van der Waals surface area (Å²) in [6.45, 7) is 9.22. The van der Waals surface area contributed by atoms with E-state index >= 15 is 0 Å². The number of ether oxygens (including phenoxy) is 1. The third kappa shape index (κ3) is 9.86. The second kappa shape index (κ2) is 17.0. The first kappa shape index (κ1) is 28.5. The average molecular weight is 538 g/mol. The van der Waals surface area contributed by atoms with Crippen molar-refractivity contribution in [1.82, 2.24) is 5.32 Å². The van der Waals surface area contributed by atoms with Crippen LogP contribution in [-0.4, -0.2) is 35.5 Å². The molecule has 3 nitrogen and oxygen atoms in total. The van der Waals surface area contributed by atoms with E-state index in [2.05, 4.69) is 33.0 Å². The molecule has 1 rings (SSSR count). The molecular weight excluding hydrogens is 489 g/mol. The summed E-state index contributed by atoms with van der Waals surface area (Å²) in [4.78, 5) is 13.5. The molecule has 1 amide bonds. The van der Waals surface area contributed by atoms with Crippen molar-refractivity contribution in [3.05, 3.63) is 35.9 Å². The number of nitrogens with one attached hydrogen (secondary N) is 1. The molecule has 0 heterocycles. The standard InChI is InChI=1S/C15H22NO2.3C4H9.Sn/c1-3-4-5-9-12-16-15(17)14(18-2)13-10-7-6-8-11-13;3*1-3-4-2;/h6-8,10-12,14H,3-5,9H2,1-2H3,(H,16,17);3*1,3-4H2,2H3;/t14-;;;;/m0..../s1. The number of amides is 1. The molecule has 0 saturated carbocycles. The molecule has 0 spiro atoms. The Balaban J connectivity index is 3.19. The van der Waals surface area contributed by atoms with Gasteiger partial charge >= 0.3 is 198 Å². The fourth-order valence-electron chi connectivity index (χ4n) is 4.88. The van der Waals surface area contributed by atoms with Gasteiger partial charge in [-0.25, -0.2) is 0 Å². The van der Waals surface area contributed by atoms with Crippen LogP contribution in [0, 0.1) is 0 Å². The van der Waals surface area contributed by atoms with Gasteiger partial charge in [0.2, 0.25) is 0 Å². The van der Waals surface area contributed by atoms with E-state index in [-0.39, 0.29) is 5.91 Å². The number of carbonyl (C=O) groups is 1. The molecule has 0 aliphatic rings. The molecule has 178 valence electrons. The van der Waals surface area contributed by atoms with Crippen LogP contribution in [0.15, 0.2) is 30.3 Å². The fraction of sp³-hybridized carbons (Fsp3) is 0.741. The molecule has 1 N–H and O–H groups in total. The normalized spacial score (nSPS) is 13.7. The Kier molecular flexibility index (Phi) is 15.6. The monoisotopic (exact) mass is 539 g/mol. The van der Waals surface area contributed by atoms with Crippen LogP contribution in [0.2, 0.25) is 13.3 Å². The molecule has 1 aromatic carbocycles. The van der Waals surface area contributed by atoms with Gasteiger partial charge < -0.3 is 0 Å². The zero-order chi connectivity index (χ0) is 23.0. The molecule has 2 atom stereocenters. The van der Waals surface area contributed by atoms with E-state index in [1.165, 1.54) is 71.1 Å². The fourth-order valence-corrected chi connectivity index (χ4v) is 22.7. The van der Waals surface area contributed by atoms with E-state index < -0.39 is 24.5 Å². The molecule has 0 fully saturated rings. The van der Waals surface area contributed by atoms with Gasteiger partial charge in [0.25, 0.3) is 0 Å². The first-order valence-corrected chi connectivity index (χ1v) is 20.7. The number of unbranched alkanes of at least 4 members (excludes halogenated alkanes) is 5. The van der Waals surface area contributed by atoms with Crippen molar-refractivity contribution in [2.75, 3.05) is 7.11 Å². The second-order valence-corrected chi connectivity index (χ2v) is 23.3. The molecular formula is C27H49NO2Sn. The van der Waals surface area contributed by atoms with Crippen molar-refractivity contribution >= 4 is 24.3 Å². The summed E-state index contributed by atoms with van der Waals surface area (Å²) in [7, 11) is 1.66. The van der Waals surface area contributed by atoms with Gasteiger partial charge in [-0.15, -0.1) is 0 Å². The summed E-state index contributed by atoms with van der Waals surface area (Å²) in [5.74, 6) is 0.0702. The summed E-state index contributed by atoms with van der Waals surface area (Å²) in [6.07, 6.45) is 12.1. The van der Waals surface area contributed by atoms with Crippen LogP contribution in [0.4, 0.5) is 0 Å². The second-order valence-electron chi connectivity index (χ2n) is 9.26. The zero-order valence-electron chi connectivity index (χ0n) is 21.1. The van der Waals surface area contributed by atoms with Crippen molar-refractivity contribution in [2.24, 2.45) is 0 Å². The van der Waals surface area contributed by atoms with Crippen molar-refractivity contribution in [1.29, 1.82) is 0 Å². The molecule has 0 saturated heterocycles. The van der Waals surface area contributed by atoms with E-state index in [0.29, 0.717) is 4.06 Å². The maximum absolute atomic E-state index is 13.5. The molecule has 0 radical (unpaired) electrons. The van der Waals surface area contributed by atoms with Crippen LogP contribution >= 0.6 is 0 Å². The van der Waals surface area contributed by atoms with E-state index in [4.69, 9.17) is 4.74 Å². The van der Waals surface area contributed by atoms with Gasteiger partial charge in [-0.3, -0.25) is 0 Å². The predicted octanol–water partition coefficient (Wildman–Crippen LogP) is 7.83. The van der Waals surface area contributed by atoms with Gasteiger partial charge in [-0.05, 0) is 0 Å². The molecule has 1 aromatic rings. The molecule has 0 aliphatic carbocycles.